The van der Waals surface area contributed by atoms with Crippen LogP contribution < -0.4 is 15.8 Å². The highest BCUT2D eigenvalue weighted by molar-refractivity contribution is 5.84. The molecule has 1 aromatic carbocycles. The number of hydrogen-bond donors (Lipinski definition) is 1. The van der Waals surface area contributed by atoms with Gasteiger partial charge in [0.25, 0.3) is 0 Å². The number of piperazine rings is 1. The topological polar surface area (TPSA) is 48.7 Å². The van der Waals surface area contributed by atoms with Gasteiger partial charge >= 0.3 is 5.63 Å². The number of hydrogen-bond acceptors (Lipinski definition) is 5. The number of rotatable bonds is 3. The number of benzene rings is 1. The lowest BCUT2D eigenvalue weighted by molar-refractivity contribution is 0.407. The van der Waals surface area contributed by atoms with Crippen molar-refractivity contribution in [3.05, 3.63) is 81.9 Å². The van der Waals surface area contributed by atoms with Crippen molar-refractivity contribution in [1.82, 2.24) is 10.2 Å². The second kappa shape index (κ2) is 8.52. The molecule has 1 saturated heterocycles. The Morgan fingerprint density at radius 2 is 1.83 bits per heavy atom. The van der Waals surface area contributed by atoms with Gasteiger partial charge in [-0.2, -0.15) is 0 Å². The van der Waals surface area contributed by atoms with Crippen LogP contribution in [0, 0.1) is 11.8 Å². The van der Waals surface area contributed by atoms with E-state index >= 15 is 0 Å². The molecular weight excluding hydrogens is 441 g/mol. The minimum atomic E-state index is -0.349. The third-order valence-corrected chi connectivity index (χ3v) is 7.58. The van der Waals surface area contributed by atoms with E-state index in [9.17, 15) is 9.18 Å². The molecule has 0 bridgehead atoms. The fourth-order valence-corrected chi connectivity index (χ4v) is 5.62. The maximum absolute atomic E-state index is 14.9. The molecule has 182 valence electrons. The minimum absolute atomic E-state index is 0.0575. The van der Waals surface area contributed by atoms with E-state index < -0.39 is 0 Å². The summed E-state index contributed by atoms with van der Waals surface area (Å²) in [6.45, 7) is 8.27. The number of nitrogens with one attached hydrogen (secondary N) is 1. The molecule has 6 heteroatoms. The number of anilines is 1. The van der Waals surface area contributed by atoms with E-state index in [1.165, 1.54) is 0 Å². The summed E-state index contributed by atoms with van der Waals surface area (Å²) in [5.41, 5.74) is 4.33. The summed E-state index contributed by atoms with van der Waals surface area (Å²) in [7, 11) is 0. The number of nitrogens with zero attached hydrogens (tertiary/aromatic N) is 2. The second-order valence-electron chi connectivity index (χ2n) is 10.7. The van der Waals surface area contributed by atoms with Crippen LogP contribution in [0.2, 0.25) is 0 Å². The zero-order valence-corrected chi connectivity index (χ0v) is 20.6. The van der Waals surface area contributed by atoms with E-state index in [1.807, 2.05) is 41.6 Å². The van der Waals surface area contributed by atoms with Gasteiger partial charge in [-0.05, 0) is 80.4 Å². The summed E-state index contributed by atoms with van der Waals surface area (Å²) in [4.78, 5) is 17.4. The quantitative estimate of drug-likeness (QED) is 0.579. The smallest absolute Gasteiger partial charge is 0.343 e. The maximum Gasteiger partial charge on any atom is 0.343 e. The van der Waals surface area contributed by atoms with Crippen LogP contribution in [0.15, 0.2) is 75.1 Å². The lowest BCUT2D eigenvalue weighted by Gasteiger charge is -2.37. The predicted molar refractivity (Wildman–Crippen MR) is 138 cm³/mol. The van der Waals surface area contributed by atoms with Crippen molar-refractivity contribution in [2.45, 2.75) is 52.1 Å². The largest absolute Gasteiger partial charge is 0.422 e. The number of allylic oxidation sites excluding steroid dienone is 5. The molecule has 2 aromatic rings. The highest BCUT2D eigenvalue weighted by Gasteiger charge is 2.31. The first kappa shape index (κ1) is 22.4. The van der Waals surface area contributed by atoms with Crippen LogP contribution in [-0.4, -0.2) is 30.1 Å². The average Bonchev–Trinajstić information content (AvgIpc) is 3.66. The molecule has 1 saturated carbocycles. The van der Waals surface area contributed by atoms with Crippen LogP contribution in [-0.2, 0) is 0 Å². The lowest BCUT2D eigenvalue weighted by atomic mass is 9.93. The van der Waals surface area contributed by atoms with Gasteiger partial charge in [0.2, 0.25) is 0 Å². The molecule has 1 aromatic heterocycles. The molecule has 35 heavy (non-hydrogen) atoms. The summed E-state index contributed by atoms with van der Waals surface area (Å²) >= 11 is 0. The van der Waals surface area contributed by atoms with Gasteiger partial charge in [0.05, 0.1) is 11.3 Å². The lowest BCUT2D eigenvalue weighted by Crippen LogP contribution is -2.54. The van der Waals surface area contributed by atoms with E-state index in [2.05, 4.69) is 37.1 Å². The fraction of sp³-hybridized carbons (Fsp3) is 0.414. The molecule has 1 N–H and O–H groups in total. The molecule has 0 radical (unpaired) electrons. The Bertz CT molecular complexity index is 1350. The van der Waals surface area contributed by atoms with E-state index in [0.717, 1.165) is 48.2 Å². The van der Waals surface area contributed by atoms with E-state index in [0.29, 0.717) is 41.3 Å². The minimum Gasteiger partial charge on any atom is -0.422 e. The molecule has 4 aliphatic rings. The first-order valence-corrected chi connectivity index (χ1v) is 12.7. The van der Waals surface area contributed by atoms with Crippen molar-refractivity contribution in [1.29, 1.82) is 0 Å². The second-order valence-corrected chi connectivity index (χ2v) is 10.7. The molecule has 3 atom stereocenters. The zero-order valence-electron chi connectivity index (χ0n) is 20.6. The first-order valence-electron chi connectivity index (χ1n) is 12.7. The van der Waals surface area contributed by atoms with Crippen LogP contribution in [0.1, 0.15) is 45.6 Å². The highest BCUT2D eigenvalue weighted by atomic mass is 19.1. The van der Waals surface area contributed by atoms with Gasteiger partial charge in [0, 0.05) is 54.7 Å². The summed E-state index contributed by atoms with van der Waals surface area (Å²) in [5, 5.41) is 4.45. The number of fused-ring (bicyclic) bond motifs is 2. The maximum atomic E-state index is 14.9. The van der Waals surface area contributed by atoms with Crippen molar-refractivity contribution in [2.75, 3.05) is 18.0 Å². The van der Waals surface area contributed by atoms with Crippen molar-refractivity contribution in [3.63, 3.8) is 0 Å². The van der Waals surface area contributed by atoms with E-state index in [-0.39, 0.29) is 17.4 Å². The molecule has 2 fully saturated rings. The molecule has 3 unspecified atom stereocenters. The first-order chi connectivity index (χ1) is 16.9. The Labute approximate surface area is 205 Å². The summed E-state index contributed by atoms with van der Waals surface area (Å²) in [5.74, 6) is 0.303. The van der Waals surface area contributed by atoms with Gasteiger partial charge in [-0.1, -0.05) is 13.0 Å². The molecule has 0 spiro atoms. The molecule has 6 rings (SSSR count). The van der Waals surface area contributed by atoms with Gasteiger partial charge in [0.15, 0.2) is 0 Å². The van der Waals surface area contributed by atoms with Gasteiger partial charge < -0.3 is 19.5 Å². The Balaban J connectivity index is 1.37. The predicted octanol–water partition coefficient (Wildman–Crippen LogP) is 5.71. The van der Waals surface area contributed by atoms with Crippen LogP contribution in [0.3, 0.4) is 0 Å². The SMILES string of the molecule is CC1CN(c2ccc3cc(C4=CN5C=C(C6CC6)C=C(F)C5=CCC4C)c(=O)oc3c2)CC(C)N1. The Hall–Kier alpha value is -3.12. The van der Waals surface area contributed by atoms with Crippen molar-refractivity contribution >= 4 is 22.2 Å². The van der Waals surface area contributed by atoms with Gasteiger partial charge in [-0.25, -0.2) is 9.18 Å². The molecule has 4 heterocycles. The Kier molecular flexibility index (Phi) is 5.44. The van der Waals surface area contributed by atoms with E-state index in [4.69, 9.17) is 4.42 Å². The third-order valence-electron chi connectivity index (χ3n) is 7.58. The van der Waals surface area contributed by atoms with Gasteiger partial charge in [0.1, 0.15) is 11.4 Å². The van der Waals surface area contributed by atoms with Crippen LogP contribution in [0.5, 0.6) is 0 Å². The molecule has 3 aliphatic heterocycles. The standard InChI is InChI=1S/C29H32FN3O2/c1-17-4-9-27-26(30)11-22(20-5-6-20)15-33(27)16-25(17)24-10-21-7-8-23(12-28(21)35-29(24)34)32-13-18(2)31-19(3)14-32/h7-12,15-20,31H,4-6,13-14H2,1-3H3. The van der Waals surface area contributed by atoms with Crippen molar-refractivity contribution in [3.8, 4) is 0 Å². The number of halogens is 1. The van der Waals surface area contributed by atoms with Crippen LogP contribution in [0.4, 0.5) is 10.1 Å². The van der Waals surface area contributed by atoms with Gasteiger partial charge in [-0.3, -0.25) is 0 Å². The third kappa shape index (κ3) is 4.25. The fourth-order valence-electron chi connectivity index (χ4n) is 5.62. The molecule has 5 nitrogen and oxygen atoms in total. The van der Waals surface area contributed by atoms with E-state index in [1.54, 1.807) is 6.08 Å². The normalized spacial score (nSPS) is 27.0. The average molecular weight is 474 g/mol. The molecular formula is C29H32FN3O2. The summed E-state index contributed by atoms with van der Waals surface area (Å²) in [6, 6.07) is 8.85. The van der Waals surface area contributed by atoms with Crippen LogP contribution >= 0.6 is 0 Å². The zero-order chi connectivity index (χ0) is 24.3. The monoisotopic (exact) mass is 473 g/mol. The highest BCUT2D eigenvalue weighted by Crippen LogP contribution is 2.43. The summed E-state index contributed by atoms with van der Waals surface area (Å²) < 4.78 is 20.8. The van der Waals surface area contributed by atoms with Crippen molar-refractivity contribution < 1.29 is 8.81 Å². The Morgan fingerprint density at radius 1 is 1.06 bits per heavy atom. The Morgan fingerprint density at radius 3 is 2.57 bits per heavy atom. The molecule has 1 aliphatic carbocycles. The van der Waals surface area contributed by atoms with Crippen molar-refractivity contribution in [2.24, 2.45) is 11.8 Å². The van der Waals surface area contributed by atoms with Gasteiger partial charge in [-0.15, -0.1) is 0 Å². The summed E-state index contributed by atoms with van der Waals surface area (Å²) in [6.07, 6.45) is 10.4. The van der Waals surface area contributed by atoms with Crippen LogP contribution in [0.25, 0.3) is 16.5 Å². The molecule has 0 amide bonds.